The summed E-state index contributed by atoms with van der Waals surface area (Å²) in [6.45, 7) is 2.07. The zero-order chi connectivity index (χ0) is 13.7. The lowest BCUT2D eigenvalue weighted by Gasteiger charge is -1.96. The van der Waals surface area contributed by atoms with Gasteiger partial charge in [-0.25, -0.2) is 0 Å². The standard InChI is InChI=1S/C14H12BrN3O/c1-2-3-8-16-14(19)13-9-12(17-18-13)10-4-6-11(15)7-5-10/h4-7,9H,8H2,1H3,(H,16,19)(H,17,18). The Labute approximate surface area is 119 Å². The molecule has 0 aliphatic carbocycles. The van der Waals surface area contributed by atoms with E-state index in [2.05, 4.69) is 43.3 Å². The molecule has 0 fully saturated rings. The molecule has 1 heterocycles. The summed E-state index contributed by atoms with van der Waals surface area (Å²) < 4.78 is 1.00. The molecule has 2 aromatic rings. The molecule has 0 aliphatic rings. The average molecular weight is 318 g/mol. The molecule has 4 nitrogen and oxygen atoms in total. The van der Waals surface area contributed by atoms with Crippen LogP contribution in [0.5, 0.6) is 0 Å². The molecule has 0 radical (unpaired) electrons. The lowest BCUT2D eigenvalue weighted by molar-refractivity contribution is 0.0953. The summed E-state index contributed by atoms with van der Waals surface area (Å²) in [7, 11) is 0. The number of H-pyrrole nitrogens is 1. The van der Waals surface area contributed by atoms with Crippen LogP contribution >= 0.6 is 15.9 Å². The Kier molecular flexibility index (Phi) is 4.37. The lowest BCUT2D eigenvalue weighted by atomic mass is 10.1. The molecule has 1 aromatic heterocycles. The number of aromatic nitrogens is 2. The quantitative estimate of drug-likeness (QED) is 0.855. The van der Waals surface area contributed by atoms with E-state index in [9.17, 15) is 4.79 Å². The van der Waals surface area contributed by atoms with Crippen molar-refractivity contribution in [3.05, 3.63) is 40.5 Å². The van der Waals surface area contributed by atoms with Crippen LogP contribution in [0.25, 0.3) is 11.3 Å². The smallest absolute Gasteiger partial charge is 0.270 e. The molecule has 0 atom stereocenters. The Morgan fingerprint density at radius 1 is 1.42 bits per heavy atom. The molecule has 96 valence electrons. The van der Waals surface area contributed by atoms with Crippen LogP contribution in [0.2, 0.25) is 0 Å². The third-order valence-electron chi connectivity index (χ3n) is 2.48. The maximum absolute atomic E-state index is 11.8. The van der Waals surface area contributed by atoms with Crippen LogP contribution in [0.4, 0.5) is 0 Å². The molecule has 19 heavy (non-hydrogen) atoms. The van der Waals surface area contributed by atoms with Crippen LogP contribution in [0, 0.1) is 11.8 Å². The van der Waals surface area contributed by atoms with E-state index >= 15 is 0 Å². The van der Waals surface area contributed by atoms with Gasteiger partial charge in [0.1, 0.15) is 5.69 Å². The van der Waals surface area contributed by atoms with Gasteiger partial charge in [0.25, 0.3) is 5.91 Å². The normalized spacial score (nSPS) is 9.58. The van der Waals surface area contributed by atoms with E-state index in [4.69, 9.17) is 0 Å². The molecule has 1 amide bonds. The summed E-state index contributed by atoms with van der Waals surface area (Å²) in [4.78, 5) is 11.8. The molecule has 0 saturated heterocycles. The minimum atomic E-state index is -0.210. The first-order chi connectivity index (χ1) is 9.20. The third kappa shape index (κ3) is 3.46. The highest BCUT2D eigenvalue weighted by atomic mass is 79.9. The number of hydrogen-bond acceptors (Lipinski definition) is 2. The van der Waals surface area contributed by atoms with Gasteiger partial charge in [0.2, 0.25) is 0 Å². The molecule has 0 unspecified atom stereocenters. The SMILES string of the molecule is CC#CCNC(=O)c1cc(-c2ccc(Br)cc2)n[nH]1. The second kappa shape index (κ2) is 6.21. The number of amides is 1. The van der Waals surface area contributed by atoms with Crippen molar-refractivity contribution in [2.75, 3.05) is 6.54 Å². The van der Waals surface area contributed by atoms with E-state index in [1.165, 1.54) is 0 Å². The molecule has 1 aromatic carbocycles. The summed E-state index contributed by atoms with van der Waals surface area (Å²) in [6, 6.07) is 9.45. The molecule has 2 rings (SSSR count). The number of carbonyl (C=O) groups excluding carboxylic acids is 1. The van der Waals surface area contributed by atoms with Gasteiger partial charge in [0, 0.05) is 10.0 Å². The number of benzene rings is 1. The van der Waals surface area contributed by atoms with Gasteiger partial charge in [-0.15, -0.1) is 5.92 Å². The van der Waals surface area contributed by atoms with E-state index in [1.54, 1.807) is 13.0 Å². The van der Waals surface area contributed by atoms with E-state index in [-0.39, 0.29) is 5.91 Å². The largest absolute Gasteiger partial charge is 0.340 e. The second-order valence-corrected chi connectivity index (χ2v) is 4.70. The lowest BCUT2D eigenvalue weighted by Crippen LogP contribution is -2.23. The Morgan fingerprint density at radius 3 is 2.84 bits per heavy atom. The fourth-order valence-corrected chi connectivity index (χ4v) is 1.78. The second-order valence-electron chi connectivity index (χ2n) is 3.78. The van der Waals surface area contributed by atoms with Crippen LogP contribution in [0.1, 0.15) is 17.4 Å². The predicted octanol–water partition coefficient (Wildman–Crippen LogP) is 2.59. The summed E-state index contributed by atoms with van der Waals surface area (Å²) >= 11 is 3.38. The number of carbonyl (C=O) groups is 1. The topological polar surface area (TPSA) is 57.8 Å². The molecular weight excluding hydrogens is 306 g/mol. The summed E-state index contributed by atoms with van der Waals surface area (Å²) in [5.74, 6) is 5.28. The van der Waals surface area contributed by atoms with Crippen molar-refractivity contribution in [2.45, 2.75) is 6.92 Å². The fraction of sp³-hybridized carbons (Fsp3) is 0.143. The third-order valence-corrected chi connectivity index (χ3v) is 3.01. The van der Waals surface area contributed by atoms with Crippen molar-refractivity contribution in [1.82, 2.24) is 15.5 Å². The van der Waals surface area contributed by atoms with Crippen LogP contribution in [-0.2, 0) is 0 Å². The van der Waals surface area contributed by atoms with Gasteiger partial charge in [-0.05, 0) is 25.1 Å². The van der Waals surface area contributed by atoms with E-state index < -0.39 is 0 Å². The highest BCUT2D eigenvalue weighted by Crippen LogP contribution is 2.20. The van der Waals surface area contributed by atoms with E-state index in [0.29, 0.717) is 12.2 Å². The summed E-state index contributed by atoms with van der Waals surface area (Å²) in [6.07, 6.45) is 0. The van der Waals surface area contributed by atoms with Gasteiger partial charge in [0.15, 0.2) is 0 Å². The van der Waals surface area contributed by atoms with Gasteiger partial charge in [-0.1, -0.05) is 34.0 Å². The van der Waals surface area contributed by atoms with Crippen LogP contribution in [0.15, 0.2) is 34.8 Å². The zero-order valence-corrected chi connectivity index (χ0v) is 11.9. The van der Waals surface area contributed by atoms with E-state index in [1.807, 2.05) is 24.3 Å². The predicted molar refractivity (Wildman–Crippen MR) is 77.5 cm³/mol. The average Bonchev–Trinajstić information content (AvgIpc) is 2.89. The monoisotopic (exact) mass is 317 g/mol. The Hall–Kier alpha value is -2.06. The van der Waals surface area contributed by atoms with Crippen LogP contribution in [0.3, 0.4) is 0 Å². The fourth-order valence-electron chi connectivity index (χ4n) is 1.51. The zero-order valence-electron chi connectivity index (χ0n) is 10.3. The minimum absolute atomic E-state index is 0.210. The first kappa shape index (κ1) is 13.4. The molecule has 5 heteroatoms. The van der Waals surface area contributed by atoms with Crippen molar-refractivity contribution in [3.8, 4) is 23.1 Å². The van der Waals surface area contributed by atoms with Gasteiger partial charge >= 0.3 is 0 Å². The van der Waals surface area contributed by atoms with Gasteiger partial charge in [-0.2, -0.15) is 5.10 Å². The van der Waals surface area contributed by atoms with Crippen molar-refractivity contribution >= 4 is 21.8 Å². The number of nitrogens with zero attached hydrogens (tertiary/aromatic N) is 1. The number of hydrogen-bond donors (Lipinski definition) is 2. The molecule has 0 saturated carbocycles. The molecule has 0 spiro atoms. The van der Waals surface area contributed by atoms with Crippen LogP contribution < -0.4 is 5.32 Å². The Bertz CT molecular complexity index is 635. The number of halogens is 1. The van der Waals surface area contributed by atoms with Gasteiger partial charge < -0.3 is 5.32 Å². The van der Waals surface area contributed by atoms with Gasteiger partial charge in [0.05, 0.1) is 12.2 Å². The maximum atomic E-state index is 11.8. The maximum Gasteiger partial charge on any atom is 0.270 e. The first-order valence-electron chi connectivity index (χ1n) is 5.70. The number of rotatable bonds is 3. The van der Waals surface area contributed by atoms with Crippen molar-refractivity contribution < 1.29 is 4.79 Å². The van der Waals surface area contributed by atoms with E-state index in [0.717, 1.165) is 15.7 Å². The first-order valence-corrected chi connectivity index (χ1v) is 6.49. The summed E-state index contributed by atoms with van der Waals surface area (Å²) in [5.41, 5.74) is 2.11. The number of nitrogens with one attached hydrogen (secondary N) is 2. The van der Waals surface area contributed by atoms with Crippen molar-refractivity contribution in [2.24, 2.45) is 0 Å². The molecule has 0 bridgehead atoms. The van der Waals surface area contributed by atoms with Crippen LogP contribution in [-0.4, -0.2) is 22.6 Å². The molecule has 2 N–H and O–H groups in total. The molecule has 0 aliphatic heterocycles. The van der Waals surface area contributed by atoms with Crippen molar-refractivity contribution in [1.29, 1.82) is 0 Å². The highest BCUT2D eigenvalue weighted by molar-refractivity contribution is 9.10. The Balaban J connectivity index is 2.11. The minimum Gasteiger partial charge on any atom is -0.340 e. The summed E-state index contributed by atoms with van der Waals surface area (Å²) in [5, 5.41) is 9.53. The number of aromatic amines is 1. The Morgan fingerprint density at radius 2 is 2.16 bits per heavy atom. The molecular formula is C14H12BrN3O. The van der Waals surface area contributed by atoms with Gasteiger partial charge in [-0.3, -0.25) is 9.89 Å². The van der Waals surface area contributed by atoms with Crippen molar-refractivity contribution in [3.63, 3.8) is 0 Å². The highest BCUT2D eigenvalue weighted by Gasteiger charge is 2.09.